The highest BCUT2D eigenvalue weighted by molar-refractivity contribution is 5.95. The summed E-state index contributed by atoms with van der Waals surface area (Å²) < 4.78 is 13.2. The van der Waals surface area contributed by atoms with Crippen LogP contribution in [0.4, 0.5) is 4.39 Å². The van der Waals surface area contributed by atoms with E-state index in [2.05, 4.69) is 34.6 Å². The Balaban J connectivity index is 1.32. The minimum Gasteiger partial charge on any atom is -0.343 e. The number of nitrogens with zero attached hydrogens (tertiary/aromatic N) is 2. The number of hydrogen-bond donors (Lipinski definition) is 1. The second-order valence-corrected chi connectivity index (χ2v) is 9.67. The Morgan fingerprint density at radius 3 is 2.59 bits per heavy atom. The monoisotopic (exact) mass is 427 g/mol. The van der Waals surface area contributed by atoms with Crippen molar-refractivity contribution in [3.8, 4) is 0 Å². The van der Waals surface area contributed by atoms with Crippen LogP contribution in [-0.4, -0.2) is 15.9 Å². The molecule has 0 spiro atoms. The largest absolute Gasteiger partial charge is 0.343 e. The minimum atomic E-state index is -0.333. The SMILES string of the molecule is Cc1nccc(C2c3ccc(C4(NC(=O)c5ccc(F)cc5)CC4)cc3CC3CCC32)n1. The molecular weight excluding hydrogens is 401 g/mol. The van der Waals surface area contributed by atoms with Crippen LogP contribution in [0.5, 0.6) is 0 Å². The lowest BCUT2D eigenvalue weighted by atomic mass is 9.58. The van der Waals surface area contributed by atoms with Crippen LogP contribution in [0, 0.1) is 24.6 Å². The zero-order valence-electron chi connectivity index (χ0n) is 18.1. The van der Waals surface area contributed by atoms with E-state index in [1.165, 1.54) is 41.7 Å². The quantitative estimate of drug-likeness (QED) is 0.633. The molecule has 3 aliphatic rings. The van der Waals surface area contributed by atoms with Gasteiger partial charge in [0.25, 0.3) is 5.91 Å². The van der Waals surface area contributed by atoms with Gasteiger partial charge in [0, 0.05) is 17.7 Å². The summed E-state index contributed by atoms with van der Waals surface area (Å²) in [5.74, 6) is 2.05. The maximum absolute atomic E-state index is 13.2. The first-order chi connectivity index (χ1) is 15.5. The van der Waals surface area contributed by atoms with Gasteiger partial charge in [-0.2, -0.15) is 0 Å². The van der Waals surface area contributed by atoms with Crippen LogP contribution in [0.2, 0.25) is 0 Å². The maximum Gasteiger partial charge on any atom is 0.251 e. The molecule has 2 aromatic carbocycles. The molecule has 6 rings (SSSR count). The van der Waals surface area contributed by atoms with E-state index in [1.54, 1.807) is 12.1 Å². The van der Waals surface area contributed by atoms with Gasteiger partial charge in [-0.3, -0.25) is 4.79 Å². The van der Waals surface area contributed by atoms with E-state index in [1.807, 2.05) is 13.1 Å². The molecule has 2 saturated carbocycles. The van der Waals surface area contributed by atoms with E-state index in [0.29, 0.717) is 23.3 Å². The molecular formula is C27H26FN3O. The van der Waals surface area contributed by atoms with Gasteiger partial charge in [-0.1, -0.05) is 18.2 Å². The topological polar surface area (TPSA) is 54.9 Å². The Bertz CT molecular complexity index is 1200. The third kappa shape index (κ3) is 3.22. The van der Waals surface area contributed by atoms with Gasteiger partial charge in [-0.25, -0.2) is 14.4 Å². The summed E-state index contributed by atoms with van der Waals surface area (Å²) in [5, 5.41) is 3.23. The average Bonchev–Trinajstić information content (AvgIpc) is 3.55. The molecule has 32 heavy (non-hydrogen) atoms. The van der Waals surface area contributed by atoms with Crippen molar-refractivity contribution in [2.75, 3.05) is 0 Å². The second-order valence-electron chi connectivity index (χ2n) is 9.67. The Morgan fingerprint density at radius 2 is 1.91 bits per heavy atom. The van der Waals surface area contributed by atoms with Crippen LogP contribution in [0.1, 0.15) is 70.2 Å². The van der Waals surface area contributed by atoms with Crippen molar-refractivity contribution in [3.05, 3.63) is 94.3 Å². The lowest BCUT2D eigenvalue weighted by Crippen LogP contribution is -2.39. The summed E-state index contributed by atoms with van der Waals surface area (Å²) in [6, 6.07) is 14.6. The molecule has 0 radical (unpaired) electrons. The zero-order chi connectivity index (χ0) is 21.9. The van der Waals surface area contributed by atoms with E-state index in [4.69, 9.17) is 4.98 Å². The smallest absolute Gasteiger partial charge is 0.251 e. The Morgan fingerprint density at radius 1 is 1.09 bits per heavy atom. The molecule has 3 unspecified atom stereocenters. The molecule has 3 atom stereocenters. The molecule has 0 aliphatic heterocycles. The fourth-order valence-corrected chi connectivity index (χ4v) is 5.71. The Labute approximate surface area is 187 Å². The van der Waals surface area contributed by atoms with Gasteiger partial charge in [0.1, 0.15) is 11.6 Å². The molecule has 3 aromatic rings. The van der Waals surface area contributed by atoms with Crippen LogP contribution in [0.3, 0.4) is 0 Å². The minimum absolute atomic E-state index is 0.145. The van der Waals surface area contributed by atoms with E-state index in [-0.39, 0.29) is 17.3 Å². The van der Waals surface area contributed by atoms with Crippen LogP contribution < -0.4 is 5.32 Å². The summed E-state index contributed by atoms with van der Waals surface area (Å²) in [4.78, 5) is 21.9. The third-order valence-electron chi connectivity index (χ3n) is 7.74. The van der Waals surface area contributed by atoms with E-state index >= 15 is 0 Å². The molecule has 162 valence electrons. The summed E-state index contributed by atoms with van der Waals surface area (Å²) in [5.41, 5.74) is 5.28. The number of hydrogen-bond acceptors (Lipinski definition) is 3. The van der Waals surface area contributed by atoms with Crippen LogP contribution in [0.15, 0.2) is 54.7 Å². The summed E-state index contributed by atoms with van der Waals surface area (Å²) in [7, 11) is 0. The van der Waals surface area contributed by atoms with Gasteiger partial charge >= 0.3 is 0 Å². The number of nitrogens with one attached hydrogen (secondary N) is 1. The molecule has 0 bridgehead atoms. The van der Waals surface area contributed by atoms with E-state index in [0.717, 1.165) is 30.8 Å². The highest BCUT2D eigenvalue weighted by atomic mass is 19.1. The first kappa shape index (κ1) is 19.6. The summed E-state index contributed by atoms with van der Waals surface area (Å²) >= 11 is 0. The number of halogens is 1. The van der Waals surface area contributed by atoms with Crippen LogP contribution >= 0.6 is 0 Å². The molecule has 5 heteroatoms. The fourth-order valence-electron chi connectivity index (χ4n) is 5.71. The number of benzene rings is 2. The van der Waals surface area contributed by atoms with Crippen molar-refractivity contribution in [1.29, 1.82) is 0 Å². The first-order valence-electron chi connectivity index (χ1n) is 11.5. The van der Waals surface area contributed by atoms with Crippen molar-refractivity contribution in [1.82, 2.24) is 15.3 Å². The second kappa shape index (κ2) is 7.22. The lowest BCUT2D eigenvalue weighted by molar-refractivity contribution is 0.0930. The molecule has 1 N–H and O–H groups in total. The number of fused-ring (bicyclic) bond motifs is 2. The molecule has 1 amide bonds. The standard InChI is InChI=1S/C27H26FN3O/c1-16-29-13-10-24(30-16)25-22-8-4-18(22)14-19-15-20(5-9-23(19)25)27(11-12-27)31-26(32)17-2-6-21(28)7-3-17/h2-3,5-7,9-10,13,15,18,22,25H,4,8,11-12,14H2,1H3,(H,31,32). The molecule has 3 aliphatic carbocycles. The van der Waals surface area contributed by atoms with Gasteiger partial charge in [-0.05, 0) is 97.9 Å². The highest BCUT2D eigenvalue weighted by Crippen LogP contribution is 2.54. The van der Waals surface area contributed by atoms with Gasteiger partial charge in [0.2, 0.25) is 0 Å². The van der Waals surface area contributed by atoms with Crippen molar-refractivity contribution >= 4 is 5.91 Å². The molecule has 4 nitrogen and oxygen atoms in total. The van der Waals surface area contributed by atoms with E-state index in [9.17, 15) is 9.18 Å². The lowest BCUT2D eigenvalue weighted by Gasteiger charge is -2.47. The highest BCUT2D eigenvalue weighted by Gasteiger charge is 2.48. The van der Waals surface area contributed by atoms with Crippen LogP contribution in [0.25, 0.3) is 0 Å². The molecule has 0 saturated heterocycles. The van der Waals surface area contributed by atoms with Crippen molar-refractivity contribution < 1.29 is 9.18 Å². The molecule has 1 aromatic heterocycles. The van der Waals surface area contributed by atoms with Gasteiger partial charge in [0.05, 0.1) is 11.2 Å². The zero-order valence-corrected chi connectivity index (χ0v) is 18.1. The number of amides is 1. The third-order valence-corrected chi connectivity index (χ3v) is 7.74. The van der Waals surface area contributed by atoms with Crippen molar-refractivity contribution in [3.63, 3.8) is 0 Å². The first-order valence-corrected chi connectivity index (χ1v) is 11.5. The van der Waals surface area contributed by atoms with Gasteiger partial charge in [-0.15, -0.1) is 0 Å². The average molecular weight is 428 g/mol. The fraction of sp³-hybridized carbons (Fsp3) is 0.370. The van der Waals surface area contributed by atoms with E-state index < -0.39 is 0 Å². The van der Waals surface area contributed by atoms with Crippen LogP contribution in [-0.2, 0) is 12.0 Å². The van der Waals surface area contributed by atoms with Gasteiger partial charge in [0.15, 0.2) is 0 Å². The summed E-state index contributed by atoms with van der Waals surface area (Å²) in [6.07, 6.45) is 7.38. The van der Waals surface area contributed by atoms with Crippen molar-refractivity contribution in [2.24, 2.45) is 11.8 Å². The predicted molar refractivity (Wildman–Crippen MR) is 120 cm³/mol. The number of aromatic nitrogens is 2. The predicted octanol–water partition coefficient (Wildman–Crippen LogP) is 5.06. The number of aryl methyl sites for hydroxylation is 1. The molecule has 1 heterocycles. The number of carbonyl (C=O) groups excluding carboxylic acids is 1. The Kier molecular flexibility index (Phi) is 4.42. The summed E-state index contributed by atoms with van der Waals surface area (Å²) in [6.45, 7) is 1.95. The Hall–Kier alpha value is -3.08. The number of carbonyl (C=O) groups is 1. The van der Waals surface area contributed by atoms with Gasteiger partial charge < -0.3 is 5.32 Å². The van der Waals surface area contributed by atoms with Crippen molar-refractivity contribution in [2.45, 2.75) is 50.5 Å². The normalized spacial score (nSPS) is 24.6. The number of rotatable bonds is 4. The molecule has 2 fully saturated rings. The maximum atomic E-state index is 13.2.